The van der Waals surface area contributed by atoms with Gasteiger partial charge in [0.2, 0.25) is 5.95 Å². The zero-order valence-corrected chi connectivity index (χ0v) is 22.2. The summed E-state index contributed by atoms with van der Waals surface area (Å²) in [5, 5.41) is 2.52. The van der Waals surface area contributed by atoms with E-state index in [0.717, 1.165) is 5.56 Å². The van der Waals surface area contributed by atoms with E-state index in [4.69, 9.17) is 19.9 Å². The summed E-state index contributed by atoms with van der Waals surface area (Å²) < 4.78 is 17.7. The minimum atomic E-state index is -0.913. The van der Waals surface area contributed by atoms with Gasteiger partial charge in [0.15, 0.2) is 11.2 Å². The number of hydrogen-bond acceptors (Lipinski definition) is 10. The van der Waals surface area contributed by atoms with E-state index in [2.05, 4.69) is 20.3 Å². The number of anilines is 1. The van der Waals surface area contributed by atoms with E-state index in [1.165, 1.54) is 6.33 Å². The number of carbonyl (C=O) groups excluding carboxylic acids is 3. The van der Waals surface area contributed by atoms with E-state index in [9.17, 15) is 19.2 Å². The van der Waals surface area contributed by atoms with Gasteiger partial charge in [-0.3, -0.25) is 14.6 Å². The van der Waals surface area contributed by atoms with Crippen molar-refractivity contribution >= 4 is 35.1 Å². The van der Waals surface area contributed by atoms with Crippen LogP contribution in [0.1, 0.15) is 39.2 Å². The van der Waals surface area contributed by atoms with Crippen LogP contribution in [-0.2, 0) is 37.0 Å². The summed E-state index contributed by atoms with van der Waals surface area (Å²) in [6, 6.07) is 8.25. The van der Waals surface area contributed by atoms with Crippen molar-refractivity contribution < 1.29 is 28.6 Å². The summed E-state index contributed by atoms with van der Waals surface area (Å²) in [4.78, 5) is 59.7. The fourth-order valence-electron chi connectivity index (χ4n) is 3.57. The third kappa shape index (κ3) is 8.55. The quantitative estimate of drug-likeness (QED) is 0.214. The summed E-state index contributed by atoms with van der Waals surface area (Å²) in [6.45, 7) is 5.52. The number of aromatic amines is 1. The van der Waals surface area contributed by atoms with Crippen LogP contribution in [0.4, 0.5) is 10.7 Å². The molecule has 3 aromatic rings. The summed E-state index contributed by atoms with van der Waals surface area (Å²) in [5.74, 6) is -1.75. The maximum Gasteiger partial charge on any atom is 0.408 e. The van der Waals surface area contributed by atoms with Gasteiger partial charge in [-0.15, -0.1) is 0 Å². The number of hydrogen-bond donors (Lipinski definition) is 3. The van der Waals surface area contributed by atoms with E-state index in [0.29, 0.717) is 18.6 Å². The first-order chi connectivity index (χ1) is 18.7. The molecule has 0 aliphatic rings. The molecule has 1 aromatic carbocycles. The SMILES string of the molecule is CC[C@H](NC(=O)OCc1ccccc1)C(=O)OCC(CCn1cnc2c(=O)[nH]c(N)nc21)COC(=O)C(C)C. The van der Waals surface area contributed by atoms with E-state index in [1.807, 2.05) is 30.3 Å². The number of aromatic nitrogens is 4. The van der Waals surface area contributed by atoms with Crippen LogP contribution in [0.25, 0.3) is 11.2 Å². The molecule has 0 spiro atoms. The number of H-pyrrole nitrogens is 1. The molecule has 13 nitrogen and oxygen atoms in total. The molecule has 2 heterocycles. The molecule has 1 amide bonds. The highest BCUT2D eigenvalue weighted by Gasteiger charge is 2.24. The van der Waals surface area contributed by atoms with Crippen molar-refractivity contribution in [3.63, 3.8) is 0 Å². The minimum Gasteiger partial charge on any atom is -0.465 e. The van der Waals surface area contributed by atoms with Crippen LogP contribution in [0.15, 0.2) is 41.5 Å². The van der Waals surface area contributed by atoms with Gasteiger partial charge in [0.1, 0.15) is 12.6 Å². The average molecular weight is 543 g/mol. The molecule has 0 saturated carbocycles. The van der Waals surface area contributed by atoms with Crippen molar-refractivity contribution in [3.05, 3.63) is 52.6 Å². The van der Waals surface area contributed by atoms with Crippen molar-refractivity contribution in [1.29, 1.82) is 0 Å². The molecule has 0 aliphatic heterocycles. The fourth-order valence-corrected chi connectivity index (χ4v) is 3.57. The zero-order chi connectivity index (χ0) is 28.4. The number of rotatable bonds is 13. The predicted octanol–water partition coefficient (Wildman–Crippen LogP) is 2.16. The lowest BCUT2D eigenvalue weighted by Crippen LogP contribution is -2.42. The Bertz CT molecular complexity index is 1320. The van der Waals surface area contributed by atoms with Gasteiger partial charge in [-0.1, -0.05) is 51.1 Å². The third-order valence-electron chi connectivity index (χ3n) is 5.86. The Morgan fingerprint density at radius 1 is 1.08 bits per heavy atom. The number of nitrogens with zero attached hydrogens (tertiary/aromatic N) is 3. The summed E-state index contributed by atoms with van der Waals surface area (Å²) in [6.07, 6.45) is 1.42. The lowest BCUT2D eigenvalue weighted by Gasteiger charge is -2.21. The van der Waals surface area contributed by atoms with Gasteiger partial charge in [0.05, 0.1) is 25.5 Å². The van der Waals surface area contributed by atoms with Crippen LogP contribution in [0.3, 0.4) is 0 Å². The molecule has 2 atom stereocenters. The highest BCUT2D eigenvalue weighted by molar-refractivity contribution is 5.81. The number of nitrogens with two attached hydrogens (primary N) is 1. The number of aryl methyl sites for hydroxylation is 1. The molecule has 210 valence electrons. The molecule has 0 radical (unpaired) electrons. The number of imidazole rings is 1. The molecule has 13 heteroatoms. The number of benzene rings is 1. The summed E-state index contributed by atoms with van der Waals surface area (Å²) in [5.41, 5.74) is 6.49. The molecule has 4 N–H and O–H groups in total. The molecular weight excluding hydrogens is 508 g/mol. The second-order valence-corrected chi connectivity index (χ2v) is 9.30. The average Bonchev–Trinajstić information content (AvgIpc) is 3.33. The number of esters is 2. The third-order valence-corrected chi connectivity index (χ3v) is 5.86. The summed E-state index contributed by atoms with van der Waals surface area (Å²) >= 11 is 0. The first-order valence-electron chi connectivity index (χ1n) is 12.7. The van der Waals surface area contributed by atoms with Crippen molar-refractivity contribution in [2.24, 2.45) is 11.8 Å². The van der Waals surface area contributed by atoms with Crippen molar-refractivity contribution in [3.8, 4) is 0 Å². The van der Waals surface area contributed by atoms with Gasteiger partial charge in [-0.05, 0) is 18.4 Å². The number of ether oxygens (including phenoxy) is 3. The molecular formula is C26H34N6O7. The van der Waals surface area contributed by atoms with Gasteiger partial charge in [0.25, 0.3) is 5.56 Å². The van der Waals surface area contributed by atoms with Gasteiger partial charge >= 0.3 is 18.0 Å². The van der Waals surface area contributed by atoms with Gasteiger partial charge in [-0.25, -0.2) is 14.6 Å². The van der Waals surface area contributed by atoms with Crippen LogP contribution in [0.5, 0.6) is 0 Å². The number of carbonyl (C=O) groups is 3. The number of nitrogen functional groups attached to an aromatic ring is 1. The smallest absolute Gasteiger partial charge is 0.408 e. The van der Waals surface area contributed by atoms with Crippen molar-refractivity contribution in [1.82, 2.24) is 24.8 Å². The maximum atomic E-state index is 12.7. The second kappa shape index (κ2) is 13.9. The normalized spacial score (nSPS) is 12.6. The van der Waals surface area contributed by atoms with E-state index in [1.54, 1.807) is 25.3 Å². The number of alkyl carbamates (subject to hydrolysis) is 1. The van der Waals surface area contributed by atoms with Crippen LogP contribution < -0.4 is 16.6 Å². The Hall–Kier alpha value is -4.42. The first kappa shape index (κ1) is 29.1. The predicted molar refractivity (Wildman–Crippen MR) is 141 cm³/mol. The van der Waals surface area contributed by atoms with Crippen molar-refractivity contribution in [2.75, 3.05) is 18.9 Å². The molecule has 0 saturated heterocycles. The van der Waals surface area contributed by atoms with Crippen LogP contribution >= 0.6 is 0 Å². The highest BCUT2D eigenvalue weighted by Crippen LogP contribution is 2.14. The Balaban J connectivity index is 1.58. The lowest BCUT2D eigenvalue weighted by atomic mass is 10.1. The van der Waals surface area contributed by atoms with E-state index < -0.39 is 23.7 Å². The topological polar surface area (TPSA) is 181 Å². The molecule has 1 unspecified atom stereocenters. The minimum absolute atomic E-state index is 0.0103. The monoisotopic (exact) mass is 542 g/mol. The molecule has 39 heavy (non-hydrogen) atoms. The van der Waals surface area contributed by atoms with Gasteiger partial charge < -0.3 is 29.8 Å². The standard InChI is InChI=1S/C26H34N6O7/c1-4-19(29-26(36)39-12-17-8-6-5-7-9-17)24(35)38-14-18(13-37-23(34)16(2)3)10-11-32-15-28-20-21(32)30-25(27)31-22(20)33/h5-9,15-16,18-19H,4,10-14H2,1-3H3,(H,29,36)(H3,27,30,31,33)/t18?,19-/m0/s1. The lowest BCUT2D eigenvalue weighted by molar-refractivity contribution is -0.152. The van der Waals surface area contributed by atoms with Gasteiger partial charge in [0, 0.05) is 12.5 Å². The fraction of sp³-hybridized carbons (Fsp3) is 0.462. The maximum absolute atomic E-state index is 12.7. The van der Waals surface area contributed by atoms with Crippen LogP contribution in [-0.4, -0.2) is 56.8 Å². The Morgan fingerprint density at radius 3 is 2.44 bits per heavy atom. The number of amides is 1. The highest BCUT2D eigenvalue weighted by atomic mass is 16.6. The van der Waals surface area contributed by atoms with E-state index >= 15 is 0 Å². The van der Waals surface area contributed by atoms with Crippen LogP contribution in [0.2, 0.25) is 0 Å². The largest absolute Gasteiger partial charge is 0.465 e. The molecule has 3 rings (SSSR count). The molecule has 0 fully saturated rings. The molecule has 0 bridgehead atoms. The second-order valence-electron chi connectivity index (χ2n) is 9.30. The van der Waals surface area contributed by atoms with Crippen LogP contribution in [0, 0.1) is 11.8 Å². The zero-order valence-electron chi connectivity index (χ0n) is 22.2. The van der Waals surface area contributed by atoms with E-state index in [-0.39, 0.29) is 55.5 Å². The van der Waals surface area contributed by atoms with Gasteiger partial charge in [-0.2, -0.15) is 4.98 Å². The molecule has 0 aliphatic carbocycles. The number of fused-ring (bicyclic) bond motifs is 1. The molecule has 2 aromatic heterocycles. The Morgan fingerprint density at radius 2 is 1.77 bits per heavy atom. The first-order valence-corrected chi connectivity index (χ1v) is 12.7. The summed E-state index contributed by atoms with van der Waals surface area (Å²) in [7, 11) is 0. The Labute approximate surface area is 225 Å². The number of nitrogens with one attached hydrogen (secondary N) is 2. The van der Waals surface area contributed by atoms with Crippen molar-refractivity contribution in [2.45, 2.75) is 52.8 Å². The Kier molecular flexibility index (Phi) is 10.4.